The average molecular weight is 241 g/mol. The summed E-state index contributed by atoms with van der Waals surface area (Å²) in [6, 6.07) is 0. The molecule has 13 heavy (non-hydrogen) atoms. The van der Waals surface area contributed by atoms with Crippen LogP contribution in [0.25, 0.3) is 0 Å². The van der Waals surface area contributed by atoms with Crippen molar-refractivity contribution in [1.29, 1.82) is 0 Å². The Hall–Kier alpha value is 0.0229. The Labute approximate surface area is 86.5 Å². The molecule has 0 unspecified atom stereocenters. The van der Waals surface area contributed by atoms with Crippen LogP contribution in [0.3, 0.4) is 0 Å². The summed E-state index contributed by atoms with van der Waals surface area (Å²) in [5, 5.41) is 2.56. The molecular formula is C12H24Ge. The summed E-state index contributed by atoms with van der Waals surface area (Å²) >= 11 is -1.73. The first-order valence-corrected chi connectivity index (χ1v) is 10.6. The first-order valence-electron chi connectivity index (χ1n) is 5.23. The Balaban J connectivity index is 4.78. The van der Waals surface area contributed by atoms with Crippen LogP contribution in [0.1, 0.15) is 27.7 Å². The van der Waals surface area contributed by atoms with Gasteiger partial charge in [-0.1, -0.05) is 0 Å². The molecular weight excluding hydrogens is 217 g/mol. The van der Waals surface area contributed by atoms with Gasteiger partial charge in [0.05, 0.1) is 0 Å². The molecule has 0 aromatic heterocycles. The number of hydrogen-bond donors (Lipinski definition) is 0. The number of rotatable bonds is 6. The fourth-order valence-electron chi connectivity index (χ4n) is 2.23. The first-order chi connectivity index (χ1) is 6.01. The van der Waals surface area contributed by atoms with Gasteiger partial charge in [-0.2, -0.15) is 0 Å². The van der Waals surface area contributed by atoms with Crippen molar-refractivity contribution in [3.63, 3.8) is 0 Å². The van der Waals surface area contributed by atoms with E-state index in [-0.39, 0.29) is 0 Å². The molecule has 0 aliphatic carbocycles. The zero-order valence-corrected chi connectivity index (χ0v) is 11.7. The van der Waals surface area contributed by atoms with E-state index in [1.165, 1.54) is 10.5 Å². The molecule has 0 heterocycles. The van der Waals surface area contributed by atoms with E-state index in [9.17, 15) is 0 Å². The first kappa shape index (κ1) is 13.0. The quantitative estimate of drug-likeness (QED) is 0.469. The second-order valence-electron chi connectivity index (χ2n) is 4.53. The molecule has 0 saturated carbocycles. The van der Waals surface area contributed by atoms with Crippen molar-refractivity contribution in [2.24, 2.45) is 0 Å². The predicted molar refractivity (Wildman–Crippen MR) is 66.0 cm³/mol. The van der Waals surface area contributed by atoms with Crippen LogP contribution in [0.15, 0.2) is 25.3 Å². The Morgan fingerprint density at radius 1 is 0.923 bits per heavy atom. The third-order valence-electron chi connectivity index (χ3n) is 3.35. The van der Waals surface area contributed by atoms with Gasteiger partial charge in [0, 0.05) is 0 Å². The van der Waals surface area contributed by atoms with Crippen molar-refractivity contribution in [3.8, 4) is 0 Å². The molecule has 0 saturated heterocycles. The number of hydrogen-bond acceptors (Lipinski definition) is 0. The summed E-state index contributed by atoms with van der Waals surface area (Å²) in [7, 11) is 0. The van der Waals surface area contributed by atoms with E-state index in [4.69, 9.17) is 0 Å². The van der Waals surface area contributed by atoms with Crippen LogP contribution in [0.5, 0.6) is 0 Å². The average Bonchev–Trinajstić information content (AvgIpc) is 2.03. The van der Waals surface area contributed by atoms with Crippen LogP contribution in [0.4, 0.5) is 0 Å². The SMILES string of the molecule is C=C[CH2][Ge]([CH2]C=C)([CH](C)C)[CH](C)C. The van der Waals surface area contributed by atoms with Crippen LogP contribution < -0.4 is 0 Å². The molecule has 0 aliphatic rings. The predicted octanol–water partition coefficient (Wildman–Crippen LogP) is 4.63. The molecule has 0 aliphatic heterocycles. The molecule has 1 heteroatoms. The van der Waals surface area contributed by atoms with E-state index in [0.29, 0.717) is 0 Å². The molecule has 0 fully saturated rings. The van der Waals surface area contributed by atoms with Crippen LogP contribution in [-0.4, -0.2) is 13.3 Å². The molecule has 0 spiro atoms. The van der Waals surface area contributed by atoms with E-state index in [1.807, 2.05) is 0 Å². The zero-order valence-electron chi connectivity index (χ0n) is 9.64. The van der Waals surface area contributed by atoms with Crippen LogP contribution >= 0.6 is 0 Å². The second-order valence-corrected chi connectivity index (χ2v) is 16.3. The van der Waals surface area contributed by atoms with Gasteiger partial charge in [-0.15, -0.1) is 0 Å². The van der Waals surface area contributed by atoms with Gasteiger partial charge in [0.25, 0.3) is 0 Å². The van der Waals surface area contributed by atoms with Gasteiger partial charge in [0.2, 0.25) is 0 Å². The molecule has 0 bridgehead atoms. The Kier molecular flexibility index (Phi) is 5.70. The molecule has 0 radical (unpaired) electrons. The topological polar surface area (TPSA) is 0 Å². The normalized spacial score (nSPS) is 12.2. The minimum absolute atomic E-state index is 0.871. The van der Waals surface area contributed by atoms with Crippen molar-refractivity contribution in [2.75, 3.05) is 0 Å². The standard InChI is InChI=1S/C12H24Ge/c1-7-9-13(10-8-2,11(3)4)12(5)6/h7-8,11-12H,1-2,9-10H2,3-6H3. The van der Waals surface area contributed by atoms with Crippen molar-refractivity contribution in [3.05, 3.63) is 25.3 Å². The monoisotopic (exact) mass is 242 g/mol. The van der Waals surface area contributed by atoms with E-state index in [1.54, 1.807) is 0 Å². The van der Waals surface area contributed by atoms with Gasteiger partial charge in [-0.25, -0.2) is 0 Å². The van der Waals surface area contributed by atoms with Crippen molar-refractivity contribution in [2.45, 2.75) is 47.7 Å². The van der Waals surface area contributed by atoms with Crippen LogP contribution in [0, 0.1) is 0 Å². The molecule has 0 amide bonds. The summed E-state index contributed by atoms with van der Waals surface area (Å²) in [6.07, 6.45) is 4.26. The van der Waals surface area contributed by atoms with Gasteiger partial charge < -0.3 is 0 Å². The van der Waals surface area contributed by atoms with Gasteiger partial charge in [0.15, 0.2) is 0 Å². The third-order valence-corrected chi connectivity index (χ3v) is 17.4. The van der Waals surface area contributed by atoms with E-state index in [2.05, 4.69) is 53.0 Å². The summed E-state index contributed by atoms with van der Waals surface area (Å²) in [5.41, 5.74) is 0. The maximum absolute atomic E-state index is 3.91. The van der Waals surface area contributed by atoms with E-state index in [0.717, 1.165) is 9.50 Å². The molecule has 0 nitrogen and oxygen atoms in total. The minimum atomic E-state index is -1.73. The van der Waals surface area contributed by atoms with Gasteiger partial charge >= 0.3 is 86.3 Å². The molecule has 0 aromatic carbocycles. The molecule has 0 aromatic rings. The zero-order chi connectivity index (χ0) is 10.5. The van der Waals surface area contributed by atoms with E-state index < -0.39 is 13.3 Å². The third kappa shape index (κ3) is 3.01. The second kappa shape index (κ2) is 5.69. The fourth-order valence-corrected chi connectivity index (χ4v) is 11.6. The van der Waals surface area contributed by atoms with Crippen LogP contribution in [0.2, 0.25) is 20.0 Å². The summed E-state index contributed by atoms with van der Waals surface area (Å²) in [5.74, 6) is 0. The molecule has 0 N–H and O–H groups in total. The van der Waals surface area contributed by atoms with Crippen molar-refractivity contribution >= 4 is 13.3 Å². The van der Waals surface area contributed by atoms with E-state index >= 15 is 0 Å². The fraction of sp³-hybridized carbons (Fsp3) is 0.667. The Morgan fingerprint density at radius 3 is 1.38 bits per heavy atom. The summed E-state index contributed by atoms with van der Waals surface area (Å²) < 4.78 is 1.74. The Morgan fingerprint density at radius 2 is 1.23 bits per heavy atom. The van der Waals surface area contributed by atoms with Gasteiger partial charge in [-0.3, -0.25) is 0 Å². The van der Waals surface area contributed by atoms with Gasteiger partial charge in [-0.05, 0) is 0 Å². The Bertz CT molecular complexity index is 148. The molecule has 76 valence electrons. The summed E-state index contributed by atoms with van der Waals surface area (Å²) in [4.78, 5) is 0. The molecule has 0 atom stereocenters. The van der Waals surface area contributed by atoms with Crippen molar-refractivity contribution < 1.29 is 0 Å². The summed E-state index contributed by atoms with van der Waals surface area (Å²) in [6.45, 7) is 17.3. The molecule has 0 rings (SSSR count). The van der Waals surface area contributed by atoms with Gasteiger partial charge in [0.1, 0.15) is 0 Å². The maximum atomic E-state index is 3.91. The van der Waals surface area contributed by atoms with Crippen molar-refractivity contribution in [1.82, 2.24) is 0 Å². The number of allylic oxidation sites excluding steroid dienone is 2. The van der Waals surface area contributed by atoms with Crippen LogP contribution in [-0.2, 0) is 0 Å².